The highest BCUT2D eigenvalue weighted by molar-refractivity contribution is 6.30. The van der Waals surface area contributed by atoms with Gasteiger partial charge < -0.3 is 10.0 Å². The van der Waals surface area contributed by atoms with Crippen molar-refractivity contribution in [1.82, 2.24) is 5.01 Å². The quantitative estimate of drug-likeness (QED) is 0.0683. The minimum atomic E-state index is -1.79. The summed E-state index contributed by atoms with van der Waals surface area (Å²) < 4.78 is 14.0. The number of nitrogens with one attached hydrogen (secondary N) is 1. The summed E-state index contributed by atoms with van der Waals surface area (Å²) in [5, 5.41) is 39.1. The zero-order valence-corrected chi connectivity index (χ0v) is 33.1. The highest BCUT2D eigenvalue weighted by Crippen LogP contribution is 2.66. The van der Waals surface area contributed by atoms with E-state index in [0.717, 1.165) is 34.2 Å². The first-order valence-corrected chi connectivity index (χ1v) is 19.6. The van der Waals surface area contributed by atoms with Crippen LogP contribution in [0.3, 0.4) is 0 Å². The lowest BCUT2D eigenvalue weighted by Crippen LogP contribution is -2.53. The Labute approximate surface area is 350 Å². The number of amides is 4. The Morgan fingerprint density at radius 2 is 1.51 bits per heavy atom. The standard InChI is InChI=1S/C44H34ClFN6O9/c1-48(2)39-33(51(58)59)19-27(20-34(39)52(60)61)49-40(54)30-17-16-29-31(36(30)42(49)56)21-32-41(55)50(47-26-14-12-25(46)13-15-26)43(57)44(32,23-8-10-24(45)11-9-23)38(29)37-28-6-4-3-5-22(28)7-18-35(37)53/h3-16,18-20,30-32,36,38,47,53H,17,21H2,1-2H3/t30-,31+,32-,36-,38+,44+/m0/s1. The van der Waals surface area contributed by atoms with Gasteiger partial charge >= 0.3 is 11.4 Å². The number of hydrazine groups is 1. The molecule has 3 fully saturated rings. The van der Waals surface area contributed by atoms with Gasteiger partial charge in [-0.15, -0.1) is 0 Å². The average molecular weight is 845 g/mol. The van der Waals surface area contributed by atoms with Gasteiger partial charge in [-0.05, 0) is 77.6 Å². The largest absolute Gasteiger partial charge is 0.508 e. The minimum Gasteiger partial charge on any atom is -0.508 e. The summed E-state index contributed by atoms with van der Waals surface area (Å²) >= 11 is 6.40. The number of phenols is 1. The van der Waals surface area contributed by atoms with E-state index in [2.05, 4.69) is 5.43 Å². The van der Waals surface area contributed by atoms with Gasteiger partial charge in [-0.3, -0.25) is 44.8 Å². The minimum absolute atomic E-state index is 0.0411. The molecule has 0 bridgehead atoms. The molecule has 2 aliphatic heterocycles. The molecular formula is C44H34ClFN6O9. The topological polar surface area (TPSA) is 197 Å². The van der Waals surface area contributed by atoms with Crippen molar-refractivity contribution < 1.29 is 38.5 Å². The van der Waals surface area contributed by atoms with Gasteiger partial charge in [0.25, 0.3) is 11.8 Å². The van der Waals surface area contributed by atoms with Crippen LogP contribution in [0, 0.1) is 49.7 Å². The first kappa shape index (κ1) is 39.3. The third-order valence-electron chi connectivity index (χ3n) is 12.6. The predicted molar refractivity (Wildman–Crippen MR) is 221 cm³/mol. The van der Waals surface area contributed by atoms with E-state index in [-0.39, 0.29) is 35.7 Å². The van der Waals surface area contributed by atoms with Gasteiger partial charge in [-0.1, -0.05) is 65.7 Å². The van der Waals surface area contributed by atoms with Crippen LogP contribution in [0.25, 0.3) is 10.8 Å². The van der Waals surface area contributed by atoms with Crippen molar-refractivity contribution in [3.63, 3.8) is 0 Å². The predicted octanol–water partition coefficient (Wildman–Crippen LogP) is 7.41. The lowest BCUT2D eigenvalue weighted by molar-refractivity contribution is -0.392. The first-order valence-electron chi connectivity index (χ1n) is 19.2. The number of benzene rings is 5. The highest BCUT2D eigenvalue weighted by atomic mass is 35.5. The third kappa shape index (κ3) is 5.76. The molecule has 0 aromatic heterocycles. The fraction of sp³-hybridized carbons (Fsp3) is 0.227. The van der Waals surface area contributed by atoms with Crippen LogP contribution < -0.4 is 15.2 Å². The average Bonchev–Trinajstić information content (AvgIpc) is 3.62. The van der Waals surface area contributed by atoms with E-state index in [1.807, 2.05) is 12.1 Å². The van der Waals surface area contributed by atoms with Gasteiger partial charge in [0.05, 0.1) is 44.4 Å². The van der Waals surface area contributed by atoms with Gasteiger partial charge in [-0.2, -0.15) is 5.01 Å². The van der Waals surface area contributed by atoms with Crippen LogP contribution in [0.5, 0.6) is 5.75 Å². The fourth-order valence-corrected chi connectivity index (χ4v) is 10.4. The van der Waals surface area contributed by atoms with Crippen molar-refractivity contribution in [2.75, 3.05) is 29.3 Å². The van der Waals surface area contributed by atoms with E-state index in [9.17, 15) is 39.3 Å². The summed E-state index contributed by atoms with van der Waals surface area (Å²) in [6, 6.07) is 23.9. The monoisotopic (exact) mass is 844 g/mol. The number of fused-ring (bicyclic) bond motifs is 5. The molecule has 1 saturated carbocycles. The van der Waals surface area contributed by atoms with E-state index < -0.39 is 85.7 Å². The Kier molecular flexibility index (Phi) is 9.16. The number of phenolic OH excluding ortho intramolecular Hbond substituents is 1. The Balaban J connectivity index is 1.26. The SMILES string of the molecule is CN(C)c1c([N+](=O)[O-])cc(N2C(=O)[C@H]3[C@H](CC=C4[C@H]3C[C@H]3C(=O)N(Nc5ccc(F)cc5)C(=O)[C@@]3(c3ccc(Cl)cc3)[C@H]4c3c(O)ccc4ccccc34)C2=O)cc1[N+](=O)[O-]. The molecular weight excluding hydrogens is 811 g/mol. The summed E-state index contributed by atoms with van der Waals surface area (Å²) in [6.07, 6.45) is 1.59. The number of nitro groups is 2. The van der Waals surface area contributed by atoms with Crippen molar-refractivity contribution in [3.05, 3.63) is 151 Å². The first-order chi connectivity index (χ1) is 29.1. The summed E-state index contributed by atoms with van der Waals surface area (Å²) in [5.74, 6) is -9.15. The normalized spacial score (nSPS) is 24.3. The van der Waals surface area contributed by atoms with Crippen LogP contribution in [-0.4, -0.2) is 57.7 Å². The summed E-state index contributed by atoms with van der Waals surface area (Å²) in [5.41, 5.74) is 0.451. The number of anilines is 3. The van der Waals surface area contributed by atoms with Crippen LogP contribution in [0.15, 0.2) is 109 Å². The van der Waals surface area contributed by atoms with Crippen LogP contribution in [0.1, 0.15) is 29.9 Å². The second kappa shape index (κ2) is 14.2. The summed E-state index contributed by atoms with van der Waals surface area (Å²) in [6.45, 7) is 0. The number of aromatic hydroxyl groups is 1. The molecule has 4 aliphatic rings. The molecule has 0 spiro atoms. The number of carbonyl (C=O) groups is 4. The van der Waals surface area contributed by atoms with E-state index >= 15 is 9.59 Å². The lowest BCUT2D eigenvalue weighted by Gasteiger charge is -2.51. The molecule has 5 aromatic rings. The number of hydrogen-bond acceptors (Lipinski definition) is 11. The van der Waals surface area contributed by atoms with Gasteiger partial charge in [0.15, 0.2) is 5.69 Å². The van der Waals surface area contributed by atoms with Crippen molar-refractivity contribution >= 4 is 74.4 Å². The van der Waals surface area contributed by atoms with E-state index in [4.69, 9.17) is 11.6 Å². The Hall–Kier alpha value is -7.20. The molecule has 6 atom stereocenters. The van der Waals surface area contributed by atoms with Crippen LogP contribution in [0.4, 0.5) is 32.8 Å². The lowest BCUT2D eigenvalue weighted by atomic mass is 9.48. The van der Waals surface area contributed by atoms with Gasteiger partial charge in [0, 0.05) is 42.7 Å². The van der Waals surface area contributed by atoms with Crippen LogP contribution >= 0.6 is 11.6 Å². The summed E-state index contributed by atoms with van der Waals surface area (Å²) in [7, 11) is 2.79. The third-order valence-corrected chi connectivity index (χ3v) is 12.9. The molecule has 308 valence electrons. The maximum atomic E-state index is 15.5. The molecule has 17 heteroatoms. The molecule has 9 rings (SSSR count). The molecule has 2 saturated heterocycles. The number of nitro benzene ring substituents is 2. The number of rotatable bonds is 8. The van der Waals surface area contributed by atoms with E-state index in [1.54, 1.807) is 48.5 Å². The Morgan fingerprint density at radius 1 is 0.852 bits per heavy atom. The van der Waals surface area contributed by atoms with E-state index in [0.29, 0.717) is 32.5 Å². The molecule has 5 aromatic carbocycles. The fourth-order valence-electron chi connectivity index (χ4n) is 10.3. The molecule has 2 N–H and O–H groups in total. The number of nitrogens with zero attached hydrogens (tertiary/aromatic N) is 5. The number of halogens is 2. The second-order valence-corrected chi connectivity index (χ2v) is 16.3. The number of hydrogen-bond donors (Lipinski definition) is 2. The van der Waals surface area contributed by atoms with Crippen molar-refractivity contribution in [2.24, 2.45) is 23.7 Å². The maximum Gasteiger partial charge on any atom is 0.301 e. The Morgan fingerprint density at radius 3 is 2.15 bits per heavy atom. The van der Waals surface area contributed by atoms with Crippen molar-refractivity contribution in [3.8, 4) is 5.75 Å². The van der Waals surface area contributed by atoms with Gasteiger partial charge in [0.1, 0.15) is 11.6 Å². The van der Waals surface area contributed by atoms with Gasteiger partial charge in [0.2, 0.25) is 11.8 Å². The van der Waals surface area contributed by atoms with Crippen molar-refractivity contribution in [1.29, 1.82) is 0 Å². The van der Waals surface area contributed by atoms with Crippen LogP contribution in [-0.2, 0) is 24.6 Å². The zero-order chi connectivity index (χ0) is 43.2. The van der Waals surface area contributed by atoms with Crippen LogP contribution in [0.2, 0.25) is 5.02 Å². The molecule has 4 amide bonds. The highest BCUT2D eigenvalue weighted by Gasteiger charge is 2.71. The molecule has 15 nitrogen and oxygen atoms in total. The Bertz CT molecular complexity index is 2760. The second-order valence-electron chi connectivity index (χ2n) is 15.8. The van der Waals surface area contributed by atoms with E-state index in [1.165, 1.54) is 37.2 Å². The summed E-state index contributed by atoms with van der Waals surface area (Å²) in [4.78, 5) is 84.9. The molecule has 2 heterocycles. The molecule has 61 heavy (non-hydrogen) atoms. The molecule has 2 aliphatic carbocycles. The smallest absolute Gasteiger partial charge is 0.301 e. The number of allylic oxidation sites excluding steroid dienone is 2. The molecule has 0 unspecified atom stereocenters. The maximum absolute atomic E-state index is 15.5. The van der Waals surface area contributed by atoms with Crippen molar-refractivity contribution in [2.45, 2.75) is 24.2 Å². The number of carbonyl (C=O) groups excluding carboxylic acids is 4. The number of imide groups is 2. The molecule has 0 radical (unpaired) electrons. The van der Waals surface area contributed by atoms with Gasteiger partial charge in [-0.25, -0.2) is 9.29 Å². The zero-order valence-electron chi connectivity index (χ0n) is 32.3.